The molecule has 1 aliphatic rings. The number of rotatable bonds is 3. The van der Waals surface area contributed by atoms with Crippen LogP contribution < -0.4 is 0 Å². The molecule has 1 aromatic carbocycles. The summed E-state index contributed by atoms with van der Waals surface area (Å²) < 4.78 is 5.44. The minimum Gasteiger partial charge on any atom is -0.476 e. The molecule has 0 aliphatic carbocycles. The number of nitrogens with zero attached hydrogens (tertiary/aromatic N) is 1. The minimum atomic E-state index is 0.348. The van der Waals surface area contributed by atoms with Crippen molar-refractivity contribution in [3.05, 3.63) is 42.0 Å². The first-order chi connectivity index (χ1) is 7.38. The Bertz CT molecular complexity index is 367. The van der Waals surface area contributed by atoms with E-state index in [2.05, 4.69) is 24.0 Å². The predicted octanol–water partition coefficient (Wildman–Crippen LogP) is 2.91. The molecular formula is C13H15NO. The molecule has 0 saturated heterocycles. The SMILES string of the molecule is CCC1COC(C=Cc2ccccc2)=N1. The van der Waals surface area contributed by atoms with E-state index in [1.807, 2.05) is 30.4 Å². The maximum absolute atomic E-state index is 5.44. The first-order valence-corrected chi connectivity index (χ1v) is 5.32. The molecule has 0 aromatic heterocycles. The topological polar surface area (TPSA) is 21.6 Å². The molecule has 0 saturated carbocycles. The third-order valence-corrected chi connectivity index (χ3v) is 2.42. The first kappa shape index (κ1) is 9.97. The van der Waals surface area contributed by atoms with Crippen LogP contribution in [0.3, 0.4) is 0 Å². The van der Waals surface area contributed by atoms with Gasteiger partial charge < -0.3 is 4.74 Å². The van der Waals surface area contributed by atoms with Gasteiger partial charge in [0.25, 0.3) is 0 Å². The molecule has 2 heteroatoms. The zero-order valence-electron chi connectivity index (χ0n) is 8.89. The van der Waals surface area contributed by atoms with Crippen LogP contribution in [0.4, 0.5) is 0 Å². The van der Waals surface area contributed by atoms with Gasteiger partial charge in [-0.05, 0) is 18.1 Å². The lowest BCUT2D eigenvalue weighted by atomic mass is 10.2. The average Bonchev–Trinajstić information content (AvgIpc) is 2.76. The highest BCUT2D eigenvalue weighted by Crippen LogP contribution is 2.10. The molecule has 0 bridgehead atoms. The van der Waals surface area contributed by atoms with E-state index in [-0.39, 0.29) is 0 Å². The van der Waals surface area contributed by atoms with E-state index >= 15 is 0 Å². The molecular weight excluding hydrogens is 186 g/mol. The summed E-state index contributed by atoms with van der Waals surface area (Å²) >= 11 is 0. The highest BCUT2D eigenvalue weighted by molar-refractivity contribution is 5.92. The second-order valence-corrected chi connectivity index (χ2v) is 3.58. The van der Waals surface area contributed by atoms with E-state index in [1.54, 1.807) is 0 Å². The Hall–Kier alpha value is -1.57. The summed E-state index contributed by atoms with van der Waals surface area (Å²) in [6.45, 7) is 2.85. The average molecular weight is 201 g/mol. The number of benzene rings is 1. The molecule has 2 nitrogen and oxygen atoms in total. The predicted molar refractivity (Wildman–Crippen MR) is 62.9 cm³/mol. The molecule has 0 spiro atoms. The Morgan fingerprint density at radius 1 is 1.33 bits per heavy atom. The summed E-state index contributed by atoms with van der Waals surface area (Å²) in [5.74, 6) is 0.755. The number of hydrogen-bond donors (Lipinski definition) is 0. The van der Waals surface area contributed by atoms with Crippen molar-refractivity contribution in [2.75, 3.05) is 6.61 Å². The van der Waals surface area contributed by atoms with Crippen LogP contribution in [0.25, 0.3) is 6.08 Å². The van der Waals surface area contributed by atoms with Crippen LogP contribution in [0.2, 0.25) is 0 Å². The van der Waals surface area contributed by atoms with Gasteiger partial charge in [0.1, 0.15) is 6.61 Å². The lowest BCUT2D eigenvalue weighted by Gasteiger charge is -1.96. The van der Waals surface area contributed by atoms with Crippen molar-refractivity contribution in [3.63, 3.8) is 0 Å². The molecule has 0 N–H and O–H groups in total. The normalized spacial score (nSPS) is 20.3. The van der Waals surface area contributed by atoms with Crippen molar-refractivity contribution in [2.24, 2.45) is 4.99 Å². The zero-order valence-corrected chi connectivity index (χ0v) is 8.89. The highest BCUT2D eigenvalue weighted by atomic mass is 16.5. The third kappa shape index (κ3) is 2.69. The van der Waals surface area contributed by atoms with E-state index in [9.17, 15) is 0 Å². The van der Waals surface area contributed by atoms with E-state index in [4.69, 9.17) is 4.74 Å². The van der Waals surface area contributed by atoms with Crippen LogP contribution in [-0.4, -0.2) is 18.5 Å². The molecule has 1 atom stereocenters. The Kier molecular flexibility index (Phi) is 3.18. The second-order valence-electron chi connectivity index (χ2n) is 3.58. The molecule has 1 unspecified atom stereocenters. The monoisotopic (exact) mass is 201 g/mol. The van der Waals surface area contributed by atoms with Crippen molar-refractivity contribution in [3.8, 4) is 0 Å². The van der Waals surface area contributed by atoms with Gasteiger partial charge in [-0.3, -0.25) is 0 Å². The Morgan fingerprint density at radius 3 is 2.80 bits per heavy atom. The summed E-state index contributed by atoms with van der Waals surface area (Å²) in [6.07, 6.45) is 5.00. The molecule has 2 rings (SSSR count). The molecule has 78 valence electrons. The third-order valence-electron chi connectivity index (χ3n) is 2.42. The summed E-state index contributed by atoms with van der Waals surface area (Å²) in [4.78, 5) is 4.43. The van der Waals surface area contributed by atoms with Crippen molar-refractivity contribution in [2.45, 2.75) is 19.4 Å². The van der Waals surface area contributed by atoms with Crippen molar-refractivity contribution >= 4 is 12.0 Å². The van der Waals surface area contributed by atoms with Crippen molar-refractivity contribution in [1.29, 1.82) is 0 Å². The maximum atomic E-state index is 5.44. The summed E-state index contributed by atoms with van der Waals surface area (Å²) in [7, 11) is 0. The summed E-state index contributed by atoms with van der Waals surface area (Å²) in [5.41, 5.74) is 1.17. The fourth-order valence-electron chi connectivity index (χ4n) is 1.47. The van der Waals surface area contributed by atoms with E-state index in [1.165, 1.54) is 5.56 Å². The smallest absolute Gasteiger partial charge is 0.209 e. The maximum Gasteiger partial charge on any atom is 0.209 e. The fourth-order valence-corrected chi connectivity index (χ4v) is 1.47. The number of ether oxygens (including phenoxy) is 1. The number of aliphatic imine (C=N–C) groups is 1. The van der Waals surface area contributed by atoms with Gasteiger partial charge in [-0.15, -0.1) is 0 Å². The van der Waals surface area contributed by atoms with Gasteiger partial charge in [-0.1, -0.05) is 37.3 Å². The highest BCUT2D eigenvalue weighted by Gasteiger charge is 2.13. The lowest BCUT2D eigenvalue weighted by molar-refractivity contribution is 0.316. The standard InChI is InChI=1S/C13H15NO/c1-2-12-10-15-13(14-12)9-8-11-6-4-3-5-7-11/h3-9,12H,2,10H2,1H3. The van der Waals surface area contributed by atoms with Gasteiger partial charge in [-0.25, -0.2) is 4.99 Å². The van der Waals surface area contributed by atoms with Gasteiger partial charge in [-0.2, -0.15) is 0 Å². The molecule has 0 fully saturated rings. The van der Waals surface area contributed by atoms with Gasteiger partial charge in [0.05, 0.1) is 6.04 Å². The molecule has 1 aromatic rings. The van der Waals surface area contributed by atoms with Gasteiger partial charge in [0.15, 0.2) is 0 Å². The largest absolute Gasteiger partial charge is 0.476 e. The van der Waals surface area contributed by atoms with Gasteiger partial charge in [0, 0.05) is 6.08 Å². The zero-order chi connectivity index (χ0) is 10.5. The molecule has 15 heavy (non-hydrogen) atoms. The molecule has 1 heterocycles. The van der Waals surface area contributed by atoms with Gasteiger partial charge >= 0.3 is 0 Å². The first-order valence-electron chi connectivity index (χ1n) is 5.32. The molecule has 0 radical (unpaired) electrons. The Balaban J connectivity index is 2.01. The van der Waals surface area contributed by atoms with Crippen LogP contribution in [0.15, 0.2) is 41.4 Å². The summed E-state index contributed by atoms with van der Waals surface area (Å²) in [6, 6.07) is 10.5. The van der Waals surface area contributed by atoms with Crippen LogP contribution in [0.5, 0.6) is 0 Å². The Morgan fingerprint density at radius 2 is 2.13 bits per heavy atom. The van der Waals surface area contributed by atoms with E-state index in [0.29, 0.717) is 6.04 Å². The quantitative estimate of drug-likeness (QED) is 0.736. The van der Waals surface area contributed by atoms with Gasteiger partial charge in [0.2, 0.25) is 5.90 Å². The Labute approximate surface area is 90.3 Å². The van der Waals surface area contributed by atoms with E-state index in [0.717, 1.165) is 18.9 Å². The lowest BCUT2D eigenvalue weighted by Crippen LogP contribution is -2.02. The second kappa shape index (κ2) is 4.78. The van der Waals surface area contributed by atoms with Crippen LogP contribution >= 0.6 is 0 Å². The minimum absolute atomic E-state index is 0.348. The fraction of sp³-hybridized carbons (Fsp3) is 0.308. The van der Waals surface area contributed by atoms with Crippen LogP contribution in [0.1, 0.15) is 18.9 Å². The molecule has 1 aliphatic heterocycles. The van der Waals surface area contributed by atoms with Crippen LogP contribution in [-0.2, 0) is 4.74 Å². The number of hydrogen-bond acceptors (Lipinski definition) is 2. The molecule has 0 amide bonds. The van der Waals surface area contributed by atoms with Crippen molar-refractivity contribution in [1.82, 2.24) is 0 Å². The van der Waals surface area contributed by atoms with Crippen LogP contribution in [0, 0.1) is 0 Å². The summed E-state index contributed by atoms with van der Waals surface area (Å²) in [5, 5.41) is 0. The van der Waals surface area contributed by atoms with Crippen molar-refractivity contribution < 1.29 is 4.74 Å². The van der Waals surface area contributed by atoms with E-state index < -0.39 is 0 Å².